The summed E-state index contributed by atoms with van der Waals surface area (Å²) in [6, 6.07) is 1.26. The molecule has 0 aliphatic heterocycles. The highest BCUT2D eigenvalue weighted by molar-refractivity contribution is 5.81. The van der Waals surface area contributed by atoms with Crippen LogP contribution in [-0.2, 0) is 9.53 Å². The molecule has 110 valence electrons. The van der Waals surface area contributed by atoms with Gasteiger partial charge in [0, 0.05) is 12.1 Å². The first kappa shape index (κ1) is 14.8. The normalized spacial score (nSPS) is 31.5. The number of nitrogens with one attached hydrogen (secondary N) is 1. The summed E-state index contributed by atoms with van der Waals surface area (Å²) in [6.45, 7) is 5.22. The summed E-state index contributed by atoms with van der Waals surface area (Å²) in [5, 5.41) is 3.40. The van der Waals surface area contributed by atoms with Crippen LogP contribution in [0, 0.1) is 0 Å². The molecule has 0 heterocycles. The fraction of sp³-hybridized carbons (Fsp3) is 0.933. The second kappa shape index (κ2) is 6.23. The first-order valence-corrected chi connectivity index (χ1v) is 7.77. The number of esters is 1. The van der Waals surface area contributed by atoms with E-state index in [1.54, 1.807) is 0 Å². The molecule has 19 heavy (non-hydrogen) atoms. The van der Waals surface area contributed by atoms with Gasteiger partial charge >= 0.3 is 5.97 Å². The van der Waals surface area contributed by atoms with E-state index in [1.165, 1.54) is 19.3 Å². The van der Waals surface area contributed by atoms with Gasteiger partial charge in [0.25, 0.3) is 0 Å². The molecule has 4 heteroatoms. The molecular weight excluding hydrogens is 240 g/mol. The van der Waals surface area contributed by atoms with Crippen molar-refractivity contribution in [3.05, 3.63) is 0 Å². The van der Waals surface area contributed by atoms with Gasteiger partial charge in [-0.3, -0.25) is 4.79 Å². The lowest BCUT2D eigenvalue weighted by atomic mass is 9.90. The van der Waals surface area contributed by atoms with Crippen molar-refractivity contribution < 1.29 is 9.53 Å². The van der Waals surface area contributed by atoms with Gasteiger partial charge in [-0.2, -0.15) is 0 Å². The predicted molar refractivity (Wildman–Crippen MR) is 76.1 cm³/mol. The summed E-state index contributed by atoms with van der Waals surface area (Å²) < 4.78 is 5.29. The Bertz CT molecular complexity index is 317. The molecule has 1 N–H and O–H groups in total. The third-order valence-electron chi connectivity index (χ3n) is 4.90. The fourth-order valence-electron chi connectivity index (χ4n) is 3.48. The molecule has 2 atom stereocenters. The summed E-state index contributed by atoms with van der Waals surface area (Å²) in [5.41, 5.74) is -0.437. The number of carbonyl (C=O) groups is 1. The van der Waals surface area contributed by atoms with Crippen molar-refractivity contribution in [2.24, 2.45) is 0 Å². The van der Waals surface area contributed by atoms with Gasteiger partial charge in [-0.05, 0) is 52.6 Å². The van der Waals surface area contributed by atoms with Crippen molar-refractivity contribution in [2.45, 2.75) is 70.0 Å². The van der Waals surface area contributed by atoms with Crippen molar-refractivity contribution >= 4 is 5.97 Å². The molecule has 0 saturated heterocycles. The number of rotatable bonds is 6. The lowest BCUT2D eigenvalue weighted by Gasteiger charge is -2.39. The summed E-state index contributed by atoms with van der Waals surface area (Å²) >= 11 is 0. The second-order valence-corrected chi connectivity index (χ2v) is 5.98. The molecule has 2 unspecified atom stereocenters. The number of nitrogens with zero attached hydrogens (tertiary/aromatic N) is 1. The Kier molecular flexibility index (Phi) is 4.85. The Hall–Kier alpha value is -0.610. The van der Waals surface area contributed by atoms with E-state index in [0.717, 1.165) is 31.8 Å². The molecule has 0 radical (unpaired) electrons. The topological polar surface area (TPSA) is 41.6 Å². The van der Waals surface area contributed by atoms with Gasteiger partial charge in [-0.25, -0.2) is 0 Å². The molecule has 0 aromatic rings. The highest BCUT2D eigenvalue weighted by Gasteiger charge is 2.47. The smallest absolute Gasteiger partial charge is 0.326 e. The van der Waals surface area contributed by atoms with Crippen molar-refractivity contribution in [1.29, 1.82) is 0 Å². The number of carbonyl (C=O) groups excluding carboxylic acids is 1. The molecule has 2 fully saturated rings. The molecular formula is C15H28N2O2. The lowest BCUT2D eigenvalue weighted by molar-refractivity contribution is -0.151. The highest BCUT2D eigenvalue weighted by Crippen LogP contribution is 2.37. The van der Waals surface area contributed by atoms with Crippen LogP contribution in [0.1, 0.15) is 52.4 Å². The lowest BCUT2D eigenvalue weighted by Crippen LogP contribution is -2.53. The van der Waals surface area contributed by atoms with Crippen molar-refractivity contribution in [3.63, 3.8) is 0 Å². The van der Waals surface area contributed by atoms with Crippen LogP contribution in [0.2, 0.25) is 0 Å². The Morgan fingerprint density at radius 2 is 2.05 bits per heavy atom. The monoisotopic (exact) mass is 268 g/mol. The second-order valence-electron chi connectivity index (χ2n) is 5.98. The van der Waals surface area contributed by atoms with Crippen LogP contribution in [0.5, 0.6) is 0 Å². The third-order valence-corrected chi connectivity index (χ3v) is 4.90. The quantitative estimate of drug-likeness (QED) is 0.748. The van der Waals surface area contributed by atoms with Crippen LogP contribution in [-0.4, -0.2) is 48.7 Å². The van der Waals surface area contributed by atoms with Crippen LogP contribution in [0.15, 0.2) is 0 Å². The highest BCUT2D eigenvalue weighted by atomic mass is 16.5. The van der Waals surface area contributed by atoms with Crippen LogP contribution in [0.3, 0.4) is 0 Å². The minimum Gasteiger partial charge on any atom is -0.465 e. The van der Waals surface area contributed by atoms with E-state index in [1.807, 2.05) is 6.92 Å². The SMILES string of the molecule is CCNC1(C(=O)OCC)CCC(N(C)C2CCC2)C1. The molecule has 2 aliphatic rings. The van der Waals surface area contributed by atoms with E-state index in [2.05, 4.69) is 24.2 Å². The van der Waals surface area contributed by atoms with Crippen molar-refractivity contribution in [1.82, 2.24) is 10.2 Å². The average Bonchev–Trinajstić information content (AvgIpc) is 2.73. The minimum atomic E-state index is -0.437. The van der Waals surface area contributed by atoms with Crippen LogP contribution in [0.25, 0.3) is 0 Å². The van der Waals surface area contributed by atoms with Crippen LogP contribution < -0.4 is 5.32 Å². The van der Waals surface area contributed by atoms with E-state index in [0.29, 0.717) is 12.6 Å². The Labute approximate surface area is 116 Å². The summed E-state index contributed by atoms with van der Waals surface area (Å²) in [4.78, 5) is 14.8. The maximum Gasteiger partial charge on any atom is 0.326 e. The summed E-state index contributed by atoms with van der Waals surface area (Å²) in [7, 11) is 2.22. The number of likely N-dealkylation sites (N-methyl/N-ethyl adjacent to an activating group) is 1. The number of hydrogen-bond donors (Lipinski definition) is 1. The Morgan fingerprint density at radius 3 is 2.58 bits per heavy atom. The van der Waals surface area contributed by atoms with Gasteiger partial charge < -0.3 is 15.0 Å². The molecule has 0 aromatic heterocycles. The average molecular weight is 268 g/mol. The Morgan fingerprint density at radius 1 is 1.32 bits per heavy atom. The molecule has 0 spiro atoms. The predicted octanol–water partition coefficient (Wildman–Crippen LogP) is 1.93. The standard InChI is InChI=1S/C15H28N2O2/c1-4-16-15(14(18)19-5-2)10-9-13(11-15)17(3)12-7-6-8-12/h12-13,16H,4-11H2,1-3H3. The van der Waals surface area contributed by atoms with E-state index in [4.69, 9.17) is 4.74 Å². The van der Waals surface area contributed by atoms with Gasteiger partial charge in [0.15, 0.2) is 0 Å². The maximum absolute atomic E-state index is 12.3. The van der Waals surface area contributed by atoms with Crippen LogP contribution in [0.4, 0.5) is 0 Å². The van der Waals surface area contributed by atoms with Crippen molar-refractivity contribution in [3.8, 4) is 0 Å². The molecule has 0 amide bonds. The largest absolute Gasteiger partial charge is 0.465 e. The number of ether oxygens (including phenoxy) is 1. The first-order chi connectivity index (χ1) is 9.13. The zero-order valence-corrected chi connectivity index (χ0v) is 12.6. The molecule has 2 saturated carbocycles. The van der Waals surface area contributed by atoms with Gasteiger partial charge in [0.2, 0.25) is 0 Å². The summed E-state index contributed by atoms with van der Waals surface area (Å²) in [5.74, 6) is -0.0543. The molecule has 0 bridgehead atoms. The first-order valence-electron chi connectivity index (χ1n) is 7.77. The van der Waals surface area contributed by atoms with E-state index in [-0.39, 0.29) is 5.97 Å². The van der Waals surface area contributed by atoms with E-state index < -0.39 is 5.54 Å². The maximum atomic E-state index is 12.3. The third kappa shape index (κ3) is 2.95. The molecule has 2 aliphatic carbocycles. The van der Waals surface area contributed by atoms with Gasteiger partial charge in [-0.1, -0.05) is 13.3 Å². The molecule has 2 rings (SSSR count). The Balaban J connectivity index is 1.99. The zero-order chi connectivity index (χ0) is 13.9. The van der Waals surface area contributed by atoms with Gasteiger partial charge in [-0.15, -0.1) is 0 Å². The fourth-order valence-corrected chi connectivity index (χ4v) is 3.48. The van der Waals surface area contributed by atoms with E-state index >= 15 is 0 Å². The van der Waals surface area contributed by atoms with Gasteiger partial charge in [0.1, 0.15) is 5.54 Å². The minimum absolute atomic E-state index is 0.0543. The molecule has 4 nitrogen and oxygen atoms in total. The van der Waals surface area contributed by atoms with Crippen molar-refractivity contribution in [2.75, 3.05) is 20.2 Å². The zero-order valence-electron chi connectivity index (χ0n) is 12.6. The summed E-state index contributed by atoms with van der Waals surface area (Å²) in [6.07, 6.45) is 6.89. The van der Waals surface area contributed by atoms with Gasteiger partial charge in [0.05, 0.1) is 6.61 Å². The van der Waals surface area contributed by atoms with Crippen LogP contribution >= 0.6 is 0 Å². The van der Waals surface area contributed by atoms with E-state index in [9.17, 15) is 4.79 Å². The number of hydrogen-bond acceptors (Lipinski definition) is 4. The molecule has 0 aromatic carbocycles.